The van der Waals surface area contributed by atoms with Crippen LogP contribution in [-0.4, -0.2) is 86.2 Å². The molecule has 2 aliphatic heterocycles. The van der Waals surface area contributed by atoms with Crippen LogP contribution in [0.5, 0.6) is 5.75 Å². The number of likely N-dealkylation sites (tertiary alicyclic amines) is 2. The molecular weight excluding hydrogens is 386 g/mol. The van der Waals surface area contributed by atoms with Crippen molar-refractivity contribution in [1.82, 2.24) is 9.80 Å². The number of aliphatic hydroxyl groups is 1. The zero-order chi connectivity index (χ0) is 20.3. The standard InChI is InChI=1S/C18H27N3O6S/c1-28(25,26)19-15-2-4-17(5-3-15)27-12-16(22)11-20-7-13-6-14(8-20)10-21(9-13)18(23)24/h2-5,13-14,16,19,22H,6-12H2,1H3,(H,23,24). The van der Waals surface area contributed by atoms with Crippen LogP contribution < -0.4 is 9.46 Å². The van der Waals surface area contributed by atoms with E-state index in [-0.39, 0.29) is 6.61 Å². The summed E-state index contributed by atoms with van der Waals surface area (Å²) >= 11 is 0. The van der Waals surface area contributed by atoms with Crippen molar-refractivity contribution < 1.29 is 28.2 Å². The number of rotatable bonds is 7. The van der Waals surface area contributed by atoms with Crippen LogP contribution >= 0.6 is 0 Å². The molecule has 1 amide bonds. The zero-order valence-electron chi connectivity index (χ0n) is 15.8. The summed E-state index contributed by atoms with van der Waals surface area (Å²) in [6.07, 6.45) is 0.611. The number of nitrogens with zero attached hydrogens (tertiary/aromatic N) is 2. The Morgan fingerprint density at radius 3 is 2.36 bits per heavy atom. The number of anilines is 1. The van der Waals surface area contributed by atoms with Gasteiger partial charge in [0.15, 0.2) is 0 Å². The first-order chi connectivity index (χ1) is 13.2. The Balaban J connectivity index is 1.44. The fourth-order valence-electron chi connectivity index (χ4n) is 4.07. The van der Waals surface area contributed by atoms with Crippen molar-refractivity contribution in [2.75, 3.05) is 50.3 Å². The molecule has 0 aliphatic carbocycles. The normalized spacial score (nSPS) is 23.9. The van der Waals surface area contributed by atoms with Gasteiger partial charge in [0.1, 0.15) is 18.5 Å². The SMILES string of the molecule is CS(=O)(=O)Nc1ccc(OCC(O)CN2CC3CC(C2)CN(C(=O)O)C3)cc1. The molecule has 10 heteroatoms. The highest BCUT2D eigenvalue weighted by Gasteiger charge is 2.36. The number of hydrogen-bond acceptors (Lipinski definition) is 6. The predicted molar refractivity (Wildman–Crippen MR) is 104 cm³/mol. The molecule has 1 aromatic rings. The Morgan fingerprint density at radius 1 is 1.21 bits per heavy atom. The van der Waals surface area contributed by atoms with Crippen molar-refractivity contribution in [3.05, 3.63) is 24.3 Å². The van der Waals surface area contributed by atoms with Crippen molar-refractivity contribution in [3.8, 4) is 5.75 Å². The van der Waals surface area contributed by atoms with Crippen molar-refractivity contribution in [1.29, 1.82) is 0 Å². The van der Waals surface area contributed by atoms with Crippen LogP contribution in [0.3, 0.4) is 0 Å². The molecule has 9 nitrogen and oxygen atoms in total. The minimum atomic E-state index is -3.32. The summed E-state index contributed by atoms with van der Waals surface area (Å²) in [4.78, 5) is 14.9. The van der Waals surface area contributed by atoms with Gasteiger partial charge in [-0.3, -0.25) is 9.62 Å². The van der Waals surface area contributed by atoms with Crippen molar-refractivity contribution in [3.63, 3.8) is 0 Å². The Bertz CT molecular complexity index is 771. The number of hydrogen-bond donors (Lipinski definition) is 3. The third kappa shape index (κ3) is 5.98. The molecule has 3 rings (SSSR count). The number of β-amino-alcohol motifs (C(OH)–C–C–N with tert-alkyl or cyclic N) is 1. The van der Waals surface area contributed by atoms with Crippen molar-refractivity contribution in [2.45, 2.75) is 12.5 Å². The van der Waals surface area contributed by atoms with Crippen LogP contribution in [0.25, 0.3) is 0 Å². The lowest BCUT2D eigenvalue weighted by Crippen LogP contribution is -2.55. The lowest BCUT2D eigenvalue weighted by molar-refractivity contribution is 0.00339. The van der Waals surface area contributed by atoms with E-state index < -0.39 is 22.2 Å². The molecule has 1 aromatic carbocycles. The molecule has 2 aliphatic rings. The summed E-state index contributed by atoms with van der Waals surface area (Å²) in [7, 11) is -3.32. The number of aliphatic hydroxyl groups excluding tert-OH is 1. The van der Waals surface area contributed by atoms with Gasteiger partial charge >= 0.3 is 6.09 Å². The Hall–Kier alpha value is -2.04. The summed E-state index contributed by atoms with van der Waals surface area (Å²) in [5.74, 6) is 1.17. The van der Waals surface area contributed by atoms with Crippen LogP contribution in [-0.2, 0) is 10.0 Å². The maximum atomic E-state index is 11.2. The third-order valence-corrected chi connectivity index (χ3v) is 5.60. The molecule has 28 heavy (non-hydrogen) atoms. The second-order valence-electron chi connectivity index (χ2n) is 7.74. The van der Waals surface area contributed by atoms with Crippen molar-refractivity contribution >= 4 is 21.8 Å². The largest absolute Gasteiger partial charge is 0.491 e. The number of nitrogens with one attached hydrogen (secondary N) is 1. The van der Waals surface area contributed by atoms with E-state index in [2.05, 4.69) is 9.62 Å². The van der Waals surface area contributed by atoms with Crippen LogP contribution in [0, 0.1) is 11.8 Å². The number of sulfonamides is 1. The molecule has 2 saturated heterocycles. The van der Waals surface area contributed by atoms with Crippen LogP contribution in [0.2, 0.25) is 0 Å². The van der Waals surface area contributed by atoms with E-state index in [1.807, 2.05) is 0 Å². The molecule has 3 N–H and O–H groups in total. The maximum Gasteiger partial charge on any atom is 0.407 e. The molecule has 2 fully saturated rings. The Morgan fingerprint density at radius 2 is 1.82 bits per heavy atom. The van der Waals surface area contributed by atoms with Gasteiger partial charge < -0.3 is 19.8 Å². The predicted octanol–water partition coefficient (Wildman–Crippen LogP) is 0.730. The number of fused-ring (bicyclic) bond motifs is 2. The topological polar surface area (TPSA) is 119 Å². The minimum Gasteiger partial charge on any atom is -0.491 e. The van der Waals surface area contributed by atoms with Gasteiger partial charge in [-0.05, 0) is 42.5 Å². The molecule has 0 spiro atoms. The molecular formula is C18H27N3O6S. The first-order valence-corrected chi connectivity index (χ1v) is 11.2. The van der Waals surface area contributed by atoms with Gasteiger partial charge in [-0.1, -0.05) is 0 Å². The summed E-state index contributed by atoms with van der Waals surface area (Å²) in [6, 6.07) is 6.49. The van der Waals surface area contributed by atoms with E-state index in [0.717, 1.165) is 25.8 Å². The monoisotopic (exact) mass is 413 g/mol. The minimum absolute atomic E-state index is 0.131. The molecule has 2 bridgehead atoms. The second-order valence-corrected chi connectivity index (χ2v) is 9.49. The van der Waals surface area contributed by atoms with E-state index in [1.165, 1.54) is 4.90 Å². The first-order valence-electron chi connectivity index (χ1n) is 9.27. The molecule has 3 atom stereocenters. The maximum absolute atomic E-state index is 11.2. The van der Waals surface area contributed by atoms with Gasteiger partial charge in [-0.2, -0.15) is 0 Å². The van der Waals surface area contributed by atoms with Gasteiger partial charge in [-0.25, -0.2) is 13.2 Å². The summed E-state index contributed by atoms with van der Waals surface area (Å²) in [6.45, 7) is 3.29. The quantitative estimate of drug-likeness (QED) is 0.603. The number of ether oxygens (including phenoxy) is 1. The van der Waals surface area contributed by atoms with Gasteiger partial charge in [0, 0.05) is 38.4 Å². The summed E-state index contributed by atoms with van der Waals surface area (Å²) in [5, 5.41) is 19.5. The molecule has 0 radical (unpaired) electrons. The number of benzene rings is 1. The summed E-state index contributed by atoms with van der Waals surface area (Å²) in [5.41, 5.74) is 0.450. The molecule has 0 saturated carbocycles. The zero-order valence-corrected chi connectivity index (χ0v) is 16.6. The Kier molecular flexibility index (Phi) is 6.31. The Labute approximate surface area is 164 Å². The highest BCUT2D eigenvalue weighted by atomic mass is 32.2. The lowest BCUT2D eigenvalue weighted by Gasteiger charge is -2.45. The average Bonchev–Trinajstić information content (AvgIpc) is 2.59. The van der Waals surface area contributed by atoms with E-state index in [4.69, 9.17) is 4.74 Å². The fourth-order valence-corrected chi connectivity index (χ4v) is 4.63. The third-order valence-electron chi connectivity index (χ3n) is 5.00. The van der Waals surface area contributed by atoms with Crippen molar-refractivity contribution in [2.24, 2.45) is 11.8 Å². The number of amides is 1. The second kappa shape index (κ2) is 8.54. The number of carbonyl (C=O) groups is 1. The van der Waals surface area contributed by atoms with Gasteiger partial charge in [0.2, 0.25) is 10.0 Å². The smallest absolute Gasteiger partial charge is 0.407 e. The average molecular weight is 413 g/mol. The van der Waals surface area contributed by atoms with E-state index in [9.17, 15) is 23.4 Å². The van der Waals surface area contributed by atoms with E-state index in [1.54, 1.807) is 24.3 Å². The molecule has 0 aromatic heterocycles. The fraction of sp³-hybridized carbons (Fsp3) is 0.611. The van der Waals surface area contributed by atoms with E-state index in [0.29, 0.717) is 42.9 Å². The van der Waals surface area contributed by atoms with Gasteiger partial charge in [-0.15, -0.1) is 0 Å². The van der Waals surface area contributed by atoms with Crippen LogP contribution in [0.15, 0.2) is 24.3 Å². The number of carboxylic acid groups (broad SMARTS) is 1. The lowest BCUT2D eigenvalue weighted by atomic mass is 9.85. The molecule has 3 unspecified atom stereocenters. The van der Waals surface area contributed by atoms with Crippen LogP contribution in [0.4, 0.5) is 10.5 Å². The van der Waals surface area contributed by atoms with E-state index >= 15 is 0 Å². The van der Waals surface area contributed by atoms with Gasteiger partial charge in [0.05, 0.1) is 6.26 Å². The summed E-state index contributed by atoms with van der Waals surface area (Å²) < 4.78 is 30.4. The highest BCUT2D eigenvalue weighted by molar-refractivity contribution is 7.92. The highest BCUT2D eigenvalue weighted by Crippen LogP contribution is 2.28. The van der Waals surface area contributed by atoms with Crippen LogP contribution in [0.1, 0.15) is 6.42 Å². The van der Waals surface area contributed by atoms with Gasteiger partial charge in [0.25, 0.3) is 0 Å². The number of piperidine rings is 2. The molecule has 2 heterocycles. The first kappa shape index (κ1) is 20.7. The molecule has 156 valence electrons.